The molecule has 0 unspecified atom stereocenters. The quantitative estimate of drug-likeness (QED) is 0.558. The molecule has 80 valence electrons. The molecule has 1 rings (SSSR count). The summed E-state index contributed by atoms with van der Waals surface area (Å²) >= 11 is 0. The molecule has 3 nitrogen and oxygen atoms in total. The number of Topliss-reactive ketones (excluding diaryl/α,β-unsaturated/α-hetero) is 1. The highest BCUT2D eigenvalue weighted by Crippen LogP contribution is 2.05. The fourth-order valence-corrected chi connectivity index (χ4v) is 1.13. The number of methoxy groups -OCH3 is 1. The van der Waals surface area contributed by atoms with E-state index in [0.717, 1.165) is 0 Å². The van der Waals surface area contributed by atoms with Crippen LogP contribution in [0.25, 0.3) is 0 Å². The number of hydrogen-bond acceptors (Lipinski definition) is 3. The Kier molecular flexibility index (Phi) is 3.97. The first-order valence-corrected chi connectivity index (χ1v) is 4.45. The molecule has 1 aromatic rings. The smallest absolute Gasteiger partial charge is 0.313 e. The van der Waals surface area contributed by atoms with Gasteiger partial charge in [-0.3, -0.25) is 9.59 Å². The van der Waals surface area contributed by atoms with Gasteiger partial charge in [-0.2, -0.15) is 0 Å². The number of carbonyl (C=O) groups excluding carboxylic acids is 2. The van der Waals surface area contributed by atoms with Gasteiger partial charge in [0.1, 0.15) is 18.0 Å². The number of hydrogen-bond donors (Lipinski definition) is 0. The first-order chi connectivity index (χ1) is 7.11. The summed E-state index contributed by atoms with van der Waals surface area (Å²) in [5.41, 5.74) is 0.685. The Morgan fingerprint density at radius 2 is 1.87 bits per heavy atom. The second kappa shape index (κ2) is 5.24. The zero-order chi connectivity index (χ0) is 11.3. The molecule has 0 amide bonds. The molecule has 0 aliphatic heterocycles. The van der Waals surface area contributed by atoms with Crippen LogP contribution in [0.4, 0.5) is 4.39 Å². The average Bonchev–Trinajstić information content (AvgIpc) is 2.21. The molecule has 0 aromatic heterocycles. The molecule has 0 bridgehead atoms. The lowest BCUT2D eigenvalue weighted by molar-refractivity contribution is -0.143. The normalized spacial score (nSPS) is 9.73. The number of ketones is 1. The molecular formula is C11H11FO3. The zero-order valence-corrected chi connectivity index (χ0v) is 8.33. The van der Waals surface area contributed by atoms with Crippen LogP contribution in [0.15, 0.2) is 24.3 Å². The predicted octanol–water partition coefficient (Wildman–Crippen LogP) is 1.50. The van der Waals surface area contributed by atoms with Crippen LogP contribution in [0.3, 0.4) is 0 Å². The number of rotatable bonds is 4. The van der Waals surface area contributed by atoms with Gasteiger partial charge in [-0.1, -0.05) is 12.1 Å². The first kappa shape index (κ1) is 11.4. The Balaban J connectivity index is 2.51. The molecule has 0 radical (unpaired) electrons. The number of carbonyl (C=O) groups is 2. The second-order valence-electron chi connectivity index (χ2n) is 3.09. The standard InChI is InChI=1S/C11H11FO3/c1-15-11(14)7-10(13)6-8-2-4-9(12)5-3-8/h2-5H,6-7H2,1H3. The molecule has 0 atom stereocenters. The SMILES string of the molecule is COC(=O)CC(=O)Cc1ccc(F)cc1. The lowest BCUT2D eigenvalue weighted by Crippen LogP contribution is -2.11. The van der Waals surface area contributed by atoms with Crippen LogP contribution >= 0.6 is 0 Å². The maximum Gasteiger partial charge on any atom is 0.313 e. The highest BCUT2D eigenvalue weighted by molar-refractivity contribution is 5.96. The van der Waals surface area contributed by atoms with Crippen LogP contribution in [0.1, 0.15) is 12.0 Å². The summed E-state index contributed by atoms with van der Waals surface area (Å²) in [5.74, 6) is -1.14. The lowest BCUT2D eigenvalue weighted by atomic mass is 10.1. The minimum atomic E-state index is -0.554. The molecule has 1 aromatic carbocycles. The highest BCUT2D eigenvalue weighted by atomic mass is 19.1. The predicted molar refractivity (Wildman–Crippen MR) is 51.7 cm³/mol. The summed E-state index contributed by atoms with van der Waals surface area (Å²) in [6, 6.07) is 5.59. The van der Waals surface area contributed by atoms with Gasteiger partial charge in [0.15, 0.2) is 0 Å². The molecule has 0 saturated heterocycles. The van der Waals surface area contributed by atoms with Crippen molar-refractivity contribution in [1.82, 2.24) is 0 Å². The Bertz CT molecular complexity index is 357. The van der Waals surface area contributed by atoms with Crippen LogP contribution in [0.2, 0.25) is 0 Å². The summed E-state index contributed by atoms with van der Waals surface area (Å²) in [6.07, 6.45) is -0.122. The van der Waals surface area contributed by atoms with E-state index in [2.05, 4.69) is 4.74 Å². The van der Waals surface area contributed by atoms with Crippen LogP contribution in [-0.4, -0.2) is 18.9 Å². The van der Waals surface area contributed by atoms with Gasteiger partial charge in [-0.05, 0) is 17.7 Å². The van der Waals surface area contributed by atoms with Crippen molar-refractivity contribution in [2.45, 2.75) is 12.8 Å². The van der Waals surface area contributed by atoms with E-state index in [4.69, 9.17) is 0 Å². The minimum Gasteiger partial charge on any atom is -0.469 e. The van der Waals surface area contributed by atoms with E-state index in [1.807, 2.05) is 0 Å². The molecule has 0 heterocycles. The maximum atomic E-state index is 12.5. The molecule has 0 saturated carbocycles. The maximum absolute atomic E-state index is 12.5. The summed E-state index contributed by atoms with van der Waals surface area (Å²) in [4.78, 5) is 22.0. The van der Waals surface area contributed by atoms with Gasteiger partial charge < -0.3 is 4.74 Å². The Labute approximate surface area is 86.9 Å². The van der Waals surface area contributed by atoms with E-state index in [0.29, 0.717) is 5.56 Å². The summed E-state index contributed by atoms with van der Waals surface area (Å²) in [5, 5.41) is 0. The summed E-state index contributed by atoms with van der Waals surface area (Å²) in [7, 11) is 1.23. The van der Waals surface area contributed by atoms with Gasteiger partial charge >= 0.3 is 5.97 Å². The summed E-state index contributed by atoms with van der Waals surface area (Å²) in [6.45, 7) is 0. The highest BCUT2D eigenvalue weighted by Gasteiger charge is 2.09. The van der Waals surface area contributed by atoms with E-state index in [1.54, 1.807) is 0 Å². The molecule has 0 N–H and O–H groups in total. The topological polar surface area (TPSA) is 43.4 Å². The number of esters is 1. The molecule has 15 heavy (non-hydrogen) atoms. The van der Waals surface area contributed by atoms with Gasteiger partial charge in [0.05, 0.1) is 7.11 Å². The summed E-state index contributed by atoms with van der Waals surface area (Å²) < 4.78 is 16.9. The van der Waals surface area contributed by atoms with Gasteiger partial charge in [0.2, 0.25) is 0 Å². The Hall–Kier alpha value is -1.71. The van der Waals surface area contributed by atoms with Gasteiger partial charge in [0, 0.05) is 6.42 Å². The van der Waals surface area contributed by atoms with Crippen molar-refractivity contribution in [2.24, 2.45) is 0 Å². The van der Waals surface area contributed by atoms with Crippen molar-refractivity contribution in [1.29, 1.82) is 0 Å². The van der Waals surface area contributed by atoms with Crippen LogP contribution in [0, 0.1) is 5.82 Å². The van der Waals surface area contributed by atoms with Crippen molar-refractivity contribution >= 4 is 11.8 Å². The fraction of sp³-hybridized carbons (Fsp3) is 0.273. The molecule has 0 aliphatic rings. The number of halogens is 1. The molecule has 0 aliphatic carbocycles. The van der Waals surface area contributed by atoms with Crippen molar-refractivity contribution in [3.63, 3.8) is 0 Å². The molecule has 4 heteroatoms. The molecular weight excluding hydrogens is 199 g/mol. The number of ether oxygens (including phenoxy) is 1. The van der Waals surface area contributed by atoms with Gasteiger partial charge in [-0.15, -0.1) is 0 Å². The van der Waals surface area contributed by atoms with Crippen molar-refractivity contribution in [2.75, 3.05) is 7.11 Å². The lowest BCUT2D eigenvalue weighted by Gasteiger charge is -2.00. The minimum absolute atomic E-state index is 0.120. The van der Waals surface area contributed by atoms with E-state index in [-0.39, 0.29) is 24.4 Å². The Morgan fingerprint density at radius 3 is 2.40 bits per heavy atom. The largest absolute Gasteiger partial charge is 0.469 e. The average molecular weight is 210 g/mol. The molecule has 0 spiro atoms. The van der Waals surface area contributed by atoms with Crippen LogP contribution < -0.4 is 0 Å². The second-order valence-corrected chi connectivity index (χ2v) is 3.09. The van der Waals surface area contributed by atoms with E-state index < -0.39 is 5.97 Å². The third kappa shape index (κ3) is 3.89. The van der Waals surface area contributed by atoms with Crippen molar-refractivity contribution < 1.29 is 18.7 Å². The van der Waals surface area contributed by atoms with Crippen LogP contribution in [0.5, 0.6) is 0 Å². The van der Waals surface area contributed by atoms with E-state index >= 15 is 0 Å². The van der Waals surface area contributed by atoms with Crippen LogP contribution in [-0.2, 0) is 20.7 Å². The Morgan fingerprint density at radius 1 is 1.27 bits per heavy atom. The van der Waals surface area contributed by atoms with Crippen molar-refractivity contribution in [3.05, 3.63) is 35.6 Å². The van der Waals surface area contributed by atoms with E-state index in [1.165, 1.54) is 31.4 Å². The van der Waals surface area contributed by atoms with E-state index in [9.17, 15) is 14.0 Å². The number of benzene rings is 1. The van der Waals surface area contributed by atoms with Crippen molar-refractivity contribution in [3.8, 4) is 0 Å². The fourth-order valence-electron chi connectivity index (χ4n) is 1.13. The van der Waals surface area contributed by atoms with Gasteiger partial charge in [-0.25, -0.2) is 4.39 Å². The third-order valence-corrected chi connectivity index (χ3v) is 1.88. The molecule has 0 fully saturated rings. The van der Waals surface area contributed by atoms with Gasteiger partial charge in [0.25, 0.3) is 0 Å². The third-order valence-electron chi connectivity index (χ3n) is 1.88. The monoisotopic (exact) mass is 210 g/mol. The zero-order valence-electron chi connectivity index (χ0n) is 8.33. The first-order valence-electron chi connectivity index (χ1n) is 4.45.